The van der Waals surface area contributed by atoms with Gasteiger partial charge in [-0.3, -0.25) is 0 Å². The van der Waals surface area contributed by atoms with Gasteiger partial charge in [0.25, 0.3) is 0 Å². The second-order valence-electron chi connectivity index (χ2n) is 9.62. The van der Waals surface area contributed by atoms with Gasteiger partial charge in [0.1, 0.15) is 0 Å². The molecule has 0 saturated heterocycles. The molecule has 1 radical (unpaired) electrons. The van der Waals surface area contributed by atoms with Crippen molar-refractivity contribution in [3.63, 3.8) is 0 Å². The van der Waals surface area contributed by atoms with Gasteiger partial charge in [-0.25, -0.2) is 0 Å². The zero-order valence-corrected chi connectivity index (χ0v) is 25.5. The van der Waals surface area contributed by atoms with Crippen LogP contribution in [-0.2, 0) is 21.5 Å². The normalized spacial score (nSPS) is 13.4. The summed E-state index contributed by atoms with van der Waals surface area (Å²) >= 11 is 0. The predicted molar refractivity (Wildman–Crippen MR) is 137 cm³/mol. The maximum Gasteiger partial charge on any atom is 0.499 e. The van der Waals surface area contributed by atoms with Crippen molar-refractivity contribution >= 4 is 34.7 Å². The van der Waals surface area contributed by atoms with Gasteiger partial charge in [-0.05, 0) is 38.8 Å². The molecule has 0 aromatic rings. The summed E-state index contributed by atoms with van der Waals surface area (Å²) in [5.74, 6) is 0. The quantitative estimate of drug-likeness (QED) is 0.136. The Labute approximate surface area is 193 Å². The molecule has 5 nitrogen and oxygen atoms in total. The summed E-state index contributed by atoms with van der Waals surface area (Å²) in [7, 11) is -2.58. The molecular weight excluding hydrogens is 445 g/mol. The van der Waals surface area contributed by atoms with E-state index in [9.17, 15) is 0 Å². The third kappa shape index (κ3) is 14.7. The zero-order valence-electron chi connectivity index (χ0n) is 21.5. The van der Waals surface area contributed by atoms with E-state index < -0.39 is 34.7 Å². The van der Waals surface area contributed by atoms with E-state index in [2.05, 4.69) is 39.7 Å². The molecule has 0 atom stereocenters. The van der Waals surface area contributed by atoms with Crippen molar-refractivity contribution in [3.05, 3.63) is 0 Å². The van der Waals surface area contributed by atoms with Crippen LogP contribution in [0, 0.1) is 0 Å². The summed E-state index contributed by atoms with van der Waals surface area (Å²) in [6.45, 7) is 13.5. The van der Waals surface area contributed by atoms with Gasteiger partial charge < -0.3 is 21.5 Å². The van der Waals surface area contributed by atoms with Gasteiger partial charge in [-0.2, -0.15) is 0 Å². The van der Waals surface area contributed by atoms with E-state index in [1.807, 2.05) is 0 Å². The average Bonchev–Trinajstić information content (AvgIpc) is 2.66. The molecule has 0 saturated carbocycles. The van der Waals surface area contributed by atoms with E-state index in [1.165, 1.54) is 70.3 Å². The molecule has 0 rings (SSSR count). The van der Waals surface area contributed by atoms with Crippen LogP contribution in [0.15, 0.2) is 0 Å². The number of hydrogen-bond acceptors (Lipinski definition) is 5. The summed E-state index contributed by atoms with van der Waals surface area (Å²) in [6, 6.07) is 1.23. The zero-order chi connectivity index (χ0) is 23.1. The molecule has 0 aromatic heterocycles. The summed E-state index contributed by atoms with van der Waals surface area (Å²) in [5.41, 5.74) is 0.745. The summed E-state index contributed by atoms with van der Waals surface area (Å²) < 4.78 is 29.8. The van der Waals surface area contributed by atoms with E-state index in [0.29, 0.717) is 0 Å². The Hall–Kier alpha value is 0.668. The molecule has 0 amide bonds. The van der Waals surface area contributed by atoms with Gasteiger partial charge in [-0.15, -0.1) is 0 Å². The molecular formula is C21H51O5Si4. The van der Waals surface area contributed by atoms with Crippen LogP contribution < -0.4 is 0 Å². The fourth-order valence-corrected chi connectivity index (χ4v) is 19.5. The fraction of sp³-hybridized carbons (Fsp3) is 1.00. The van der Waals surface area contributed by atoms with E-state index in [0.717, 1.165) is 5.67 Å². The summed E-state index contributed by atoms with van der Waals surface area (Å²) in [6.07, 6.45) is 13.8. The molecule has 0 N–H and O–H groups in total. The molecule has 30 heavy (non-hydrogen) atoms. The molecule has 181 valence electrons. The summed E-state index contributed by atoms with van der Waals surface area (Å²) in [4.78, 5) is 0. The second-order valence-corrected chi connectivity index (χ2v) is 23.8. The molecule has 0 aliphatic carbocycles. The van der Waals surface area contributed by atoms with Crippen LogP contribution in [0.5, 0.6) is 0 Å². The van der Waals surface area contributed by atoms with Crippen LogP contribution in [0.4, 0.5) is 0 Å². The standard InChI is InChI=1S/C21H51O5Si4/c1-10-11-12-13-14-15-16-17-18-19-20-28(6,7)25-27(5)26-29(8,9)21-30(22-2,23-3)24-4/h10-21H2,1-9H3. The van der Waals surface area contributed by atoms with Crippen LogP contribution in [0.25, 0.3) is 0 Å². The molecule has 0 aliphatic heterocycles. The first-order valence-electron chi connectivity index (χ1n) is 11.9. The number of hydrogen-bond donors (Lipinski definition) is 0. The van der Waals surface area contributed by atoms with Crippen molar-refractivity contribution in [1.29, 1.82) is 0 Å². The molecule has 0 fully saturated rings. The maximum atomic E-state index is 6.52. The van der Waals surface area contributed by atoms with Crippen molar-refractivity contribution in [2.75, 3.05) is 21.3 Å². The highest BCUT2D eigenvalue weighted by molar-refractivity contribution is 6.89. The first kappa shape index (κ1) is 30.7. The minimum Gasteiger partial charge on any atom is -0.436 e. The highest BCUT2D eigenvalue weighted by atomic mass is 28.5. The maximum absolute atomic E-state index is 6.52. The molecule has 0 spiro atoms. The van der Waals surface area contributed by atoms with Crippen LogP contribution in [0.1, 0.15) is 71.1 Å². The van der Waals surface area contributed by atoms with Gasteiger partial charge in [-0.1, -0.05) is 71.1 Å². The Morgan fingerprint density at radius 1 is 0.600 bits per heavy atom. The monoisotopic (exact) mass is 495 g/mol. The van der Waals surface area contributed by atoms with Crippen LogP contribution >= 0.6 is 0 Å². The van der Waals surface area contributed by atoms with Crippen LogP contribution in [0.2, 0.25) is 44.4 Å². The molecule has 0 aromatic carbocycles. The van der Waals surface area contributed by atoms with E-state index >= 15 is 0 Å². The van der Waals surface area contributed by atoms with Crippen LogP contribution in [0.3, 0.4) is 0 Å². The van der Waals surface area contributed by atoms with Crippen molar-refractivity contribution in [2.45, 2.75) is 116 Å². The Balaban J connectivity index is 4.14. The number of rotatable bonds is 20. The van der Waals surface area contributed by atoms with Gasteiger partial charge in [0, 0.05) is 27.0 Å². The Bertz CT molecular complexity index is 412. The van der Waals surface area contributed by atoms with Crippen molar-refractivity contribution in [2.24, 2.45) is 0 Å². The van der Waals surface area contributed by atoms with E-state index in [4.69, 9.17) is 21.5 Å². The van der Waals surface area contributed by atoms with Gasteiger partial charge >= 0.3 is 18.1 Å². The van der Waals surface area contributed by atoms with E-state index in [-0.39, 0.29) is 0 Å². The smallest absolute Gasteiger partial charge is 0.436 e. The van der Waals surface area contributed by atoms with E-state index in [1.54, 1.807) is 21.3 Å². The molecule has 0 bridgehead atoms. The minimum atomic E-state index is -2.62. The van der Waals surface area contributed by atoms with Crippen molar-refractivity contribution in [3.8, 4) is 0 Å². The average molecular weight is 496 g/mol. The Morgan fingerprint density at radius 3 is 1.43 bits per heavy atom. The highest BCUT2D eigenvalue weighted by Gasteiger charge is 2.46. The first-order valence-corrected chi connectivity index (χ1v) is 21.9. The number of unbranched alkanes of at least 4 members (excludes halogenated alkanes) is 9. The summed E-state index contributed by atoms with van der Waals surface area (Å²) in [5, 5.41) is 0. The lowest BCUT2D eigenvalue weighted by molar-refractivity contribution is 0.127. The van der Waals surface area contributed by atoms with Crippen molar-refractivity contribution < 1.29 is 21.5 Å². The van der Waals surface area contributed by atoms with Crippen molar-refractivity contribution in [1.82, 2.24) is 0 Å². The Morgan fingerprint density at radius 2 is 1.00 bits per heavy atom. The predicted octanol–water partition coefficient (Wildman–Crippen LogP) is 6.89. The third-order valence-corrected chi connectivity index (χ3v) is 20.8. The lowest BCUT2D eigenvalue weighted by Gasteiger charge is -2.35. The fourth-order valence-electron chi connectivity index (χ4n) is 3.91. The molecule has 0 unspecified atom stereocenters. The Kier molecular flexibility index (Phi) is 16.7. The highest BCUT2D eigenvalue weighted by Crippen LogP contribution is 2.25. The van der Waals surface area contributed by atoms with Crippen LogP contribution in [-0.4, -0.2) is 56.1 Å². The van der Waals surface area contributed by atoms with Gasteiger partial charge in [0.15, 0.2) is 16.6 Å². The lowest BCUT2D eigenvalue weighted by atomic mass is 10.1. The molecule has 9 heteroatoms. The topological polar surface area (TPSA) is 46.2 Å². The largest absolute Gasteiger partial charge is 0.499 e. The first-order chi connectivity index (χ1) is 14.1. The lowest BCUT2D eigenvalue weighted by Crippen LogP contribution is -2.53. The van der Waals surface area contributed by atoms with Gasteiger partial charge in [0.2, 0.25) is 0 Å². The SMILES string of the molecule is CCCCCCCCCCCC[Si](C)(C)O[Si](C)O[Si](C)(C)C[Si](OC)(OC)OC. The third-order valence-electron chi connectivity index (χ3n) is 5.55. The second kappa shape index (κ2) is 16.3. The molecule has 0 heterocycles. The minimum absolute atomic E-state index is 0.745. The molecule has 0 aliphatic rings. The van der Waals surface area contributed by atoms with Gasteiger partial charge in [0.05, 0.1) is 0 Å².